The predicted molar refractivity (Wildman–Crippen MR) is 80.7 cm³/mol. The van der Waals surface area contributed by atoms with Crippen LogP contribution in [0.25, 0.3) is 0 Å². The predicted octanol–water partition coefficient (Wildman–Crippen LogP) is 4.86. The van der Waals surface area contributed by atoms with Gasteiger partial charge in [0.25, 0.3) is 0 Å². The molecular weight excluding hydrogens is 308 g/mol. The first-order chi connectivity index (χ1) is 8.47. The van der Waals surface area contributed by atoms with E-state index in [1.807, 2.05) is 11.4 Å². The summed E-state index contributed by atoms with van der Waals surface area (Å²) < 4.78 is 0.980. The fourth-order valence-electron chi connectivity index (χ4n) is 2.20. The van der Waals surface area contributed by atoms with E-state index in [2.05, 4.69) is 48.8 Å². The van der Waals surface area contributed by atoms with E-state index in [1.165, 1.54) is 28.0 Å². The van der Waals surface area contributed by atoms with Gasteiger partial charge in [-0.25, -0.2) is 0 Å². The quantitative estimate of drug-likeness (QED) is 0.737. The van der Waals surface area contributed by atoms with Gasteiger partial charge in [-0.15, -0.1) is 11.3 Å². The molecule has 0 bridgehead atoms. The molecule has 1 aromatic heterocycles. The van der Waals surface area contributed by atoms with Gasteiger partial charge < -0.3 is 0 Å². The summed E-state index contributed by atoms with van der Waals surface area (Å²) in [6, 6.07) is 6.17. The molecule has 0 N–H and O–H groups in total. The molecule has 2 aromatic rings. The molecule has 0 unspecified atom stereocenters. The van der Waals surface area contributed by atoms with Gasteiger partial charge >= 0.3 is 0 Å². The summed E-state index contributed by atoms with van der Waals surface area (Å²) in [6.07, 6.45) is 0.491. The van der Waals surface area contributed by atoms with Crippen molar-refractivity contribution in [2.24, 2.45) is 0 Å². The molecule has 0 spiro atoms. The zero-order valence-corrected chi connectivity index (χ0v) is 13.1. The number of benzene rings is 1. The van der Waals surface area contributed by atoms with Gasteiger partial charge in [0.15, 0.2) is 5.78 Å². The van der Waals surface area contributed by atoms with Crippen LogP contribution in [0.1, 0.15) is 31.9 Å². The molecule has 2 rings (SSSR count). The van der Waals surface area contributed by atoms with Gasteiger partial charge in [-0.2, -0.15) is 0 Å². The Balaban J connectivity index is 2.27. The molecule has 3 heteroatoms. The Morgan fingerprint density at radius 1 is 1.17 bits per heavy atom. The van der Waals surface area contributed by atoms with E-state index in [0.29, 0.717) is 6.42 Å². The zero-order valence-electron chi connectivity index (χ0n) is 10.7. The van der Waals surface area contributed by atoms with Gasteiger partial charge in [-0.05, 0) is 59.5 Å². The van der Waals surface area contributed by atoms with Crippen LogP contribution in [-0.2, 0) is 6.42 Å². The molecule has 0 aliphatic carbocycles. The van der Waals surface area contributed by atoms with Gasteiger partial charge in [0.05, 0.1) is 4.88 Å². The van der Waals surface area contributed by atoms with Gasteiger partial charge in [-0.3, -0.25) is 4.79 Å². The van der Waals surface area contributed by atoms with Crippen LogP contribution in [0.5, 0.6) is 0 Å². The number of carbonyl (C=O) groups excluding carboxylic acids is 1. The third-order valence-corrected chi connectivity index (χ3v) is 4.75. The Labute approximate surface area is 120 Å². The standard InChI is InChI=1S/C15H15BrOS/c1-9-4-10(2)13(11(3)5-9)7-14(17)15-6-12(16)8-18-15/h4-6,8H,7H2,1-3H3. The van der Waals surface area contributed by atoms with E-state index < -0.39 is 0 Å². The largest absolute Gasteiger partial charge is 0.293 e. The lowest BCUT2D eigenvalue weighted by molar-refractivity contribution is 0.0996. The van der Waals surface area contributed by atoms with Crippen molar-refractivity contribution in [2.75, 3.05) is 0 Å². The molecule has 18 heavy (non-hydrogen) atoms. The van der Waals surface area contributed by atoms with Crippen LogP contribution in [0.2, 0.25) is 0 Å². The number of hydrogen-bond acceptors (Lipinski definition) is 2. The Morgan fingerprint density at radius 3 is 2.28 bits per heavy atom. The maximum absolute atomic E-state index is 12.2. The van der Waals surface area contributed by atoms with Crippen LogP contribution in [0, 0.1) is 20.8 Å². The zero-order chi connectivity index (χ0) is 13.3. The smallest absolute Gasteiger partial charge is 0.177 e. The molecule has 0 aliphatic rings. The Morgan fingerprint density at radius 2 is 1.78 bits per heavy atom. The Bertz CT molecular complexity index is 575. The molecule has 0 saturated carbocycles. The van der Waals surface area contributed by atoms with Crippen LogP contribution in [0.3, 0.4) is 0 Å². The number of carbonyl (C=O) groups is 1. The fraction of sp³-hybridized carbons (Fsp3) is 0.267. The second-order valence-electron chi connectivity index (χ2n) is 4.61. The van der Waals surface area contributed by atoms with E-state index >= 15 is 0 Å². The minimum atomic E-state index is 0.195. The molecule has 1 aromatic carbocycles. The van der Waals surface area contributed by atoms with Crippen molar-refractivity contribution in [3.63, 3.8) is 0 Å². The van der Waals surface area contributed by atoms with Crippen LogP contribution in [0.15, 0.2) is 28.1 Å². The topological polar surface area (TPSA) is 17.1 Å². The molecule has 0 saturated heterocycles. The average Bonchev–Trinajstić information content (AvgIpc) is 2.70. The van der Waals surface area contributed by atoms with Crippen molar-refractivity contribution in [3.8, 4) is 0 Å². The number of ketones is 1. The van der Waals surface area contributed by atoms with Gasteiger partial charge in [0, 0.05) is 16.3 Å². The molecular formula is C15H15BrOS. The maximum Gasteiger partial charge on any atom is 0.177 e. The van der Waals surface area contributed by atoms with E-state index in [-0.39, 0.29) is 5.78 Å². The third-order valence-electron chi connectivity index (χ3n) is 3.02. The minimum absolute atomic E-state index is 0.195. The molecule has 1 heterocycles. The summed E-state index contributed by atoms with van der Waals surface area (Å²) in [6.45, 7) is 6.24. The summed E-state index contributed by atoms with van der Waals surface area (Å²) in [5.41, 5.74) is 4.82. The van der Waals surface area contributed by atoms with Gasteiger partial charge in [0.2, 0.25) is 0 Å². The van der Waals surface area contributed by atoms with Crippen LogP contribution >= 0.6 is 27.3 Å². The Hall–Kier alpha value is -0.930. The summed E-state index contributed by atoms with van der Waals surface area (Å²) in [5, 5.41) is 1.95. The molecule has 0 aliphatic heterocycles. The SMILES string of the molecule is Cc1cc(C)c(CC(=O)c2cc(Br)cs2)c(C)c1. The van der Waals surface area contributed by atoms with Crippen molar-refractivity contribution in [2.45, 2.75) is 27.2 Å². The highest BCUT2D eigenvalue weighted by Gasteiger charge is 2.13. The number of aryl methyl sites for hydroxylation is 3. The number of hydrogen-bond donors (Lipinski definition) is 0. The molecule has 0 atom stereocenters. The van der Waals surface area contributed by atoms with Crippen molar-refractivity contribution in [1.82, 2.24) is 0 Å². The van der Waals surface area contributed by atoms with Crippen LogP contribution in [0.4, 0.5) is 0 Å². The van der Waals surface area contributed by atoms with Crippen LogP contribution < -0.4 is 0 Å². The van der Waals surface area contributed by atoms with E-state index in [9.17, 15) is 4.79 Å². The van der Waals surface area contributed by atoms with Crippen molar-refractivity contribution >= 4 is 33.0 Å². The van der Waals surface area contributed by atoms with E-state index in [4.69, 9.17) is 0 Å². The molecule has 0 radical (unpaired) electrons. The first-order valence-electron chi connectivity index (χ1n) is 5.81. The highest BCUT2D eigenvalue weighted by atomic mass is 79.9. The highest BCUT2D eigenvalue weighted by molar-refractivity contribution is 9.10. The minimum Gasteiger partial charge on any atom is -0.293 e. The first kappa shape index (κ1) is 13.5. The van der Waals surface area contributed by atoms with E-state index in [0.717, 1.165) is 14.9 Å². The average molecular weight is 323 g/mol. The fourth-order valence-corrected chi connectivity index (χ4v) is 3.56. The Kier molecular flexibility index (Phi) is 4.03. The van der Waals surface area contributed by atoms with Crippen LogP contribution in [-0.4, -0.2) is 5.78 Å². The summed E-state index contributed by atoms with van der Waals surface area (Å²) in [5.74, 6) is 0.195. The maximum atomic E-state index is 12.2. The number of thiophene rings is 1. The molecule has 0 fully saturated rings. The third kappa shape index (κ3) is 2.90. The number of halogens is 1. The normalized spacial score (nSPS) is 10.7. The summed E-state index contributed by atoms with van der Waals surface area (Å²) >= 11 is 4.88. The lowest BCUT2D eigenvalue weighted by Crippen LogP contribution is -2.05. The number of Topliss-reactive ketones (excluding diaryl/α,β-unsaturated/α-hetero) is 1. The second kappa shape index (κ2) is 5.37. The lowest BCUT2D eigenvalue weighted by atomic mass is 9.95. The van der Waals surface area contributed by atoms with Crippen molar-refractivity contribution < 1.29 is 4.79 Å². The van der Waals surface area contributed by atoms with E-state index in [1.54, 1.807) is 0 Å². The lowest BCUT2D eigenvalue weighted by Gasteiger charge is -2.10. The highest BCUT2D eigenvalue weighted by Crippen LogP contribution is 2.23. The van der Waals surface area contributed by atoms with Crippen molar-refractivity contribution in [3.05, 3.63) is 55.2 Å². The summed E-state index contributed by atoms with van der Waals surface area (Å²) in [7, 11) is 0. The van der Waals surface area contributed by atoms with Gasteiger partial charge in [0.1, 0.15) is 0 Å². The number of rotatable bonds is 3. The van der Waals surface area contributed by atoms with Crippen molar-refractivity contribution in [1.29, 1.82) is 0 Å². The monoisotopic (exact) mass is 322 g/mol. The summed E-state index contributed by atoms with van der Waals surface area (Å²) in [4.78, 5) is 13.0. The molecule has 1 nitrogen and oxygen atoms in total. The molecule has 94 valence electrons. The second-order valence-corrected chi connectivity index (χ2v) is 6.43. The van der Waals surface area contributed by atoms with Gasteiger partial charge in [-0.1, -0.05) is 17.7 Å². The first-order valence-corrected chi connectivity index (χ1v) is 7.48. The molecule has 0 amide bonds.